The summed E-state index contributed by atoms with van der Waals surface area (Å²) in [5.74, 6) is 1.92. The van der Waals surface area contributed by atoms with Gasteiger partial charge in [-0.15, -0.1) is 0 Å². The van der Waals surface area contributed by atoms with E-state index in [1.807, 2.05) is 0 Å². The fraction of sp³-hybridized carbons (Fsp3) is 0.0714. The molecule has 0 N–H and O–H groups in total. The summed E-state index contributed by atoms with van der Waals surface area (Å²) in [5, 5.41) is 0. The van der Waals surface area contributed by atoms with Crippen molar-refractivity contribution in [1.82, 2.24) is 0 Å². The van der Waals surface area contributed by atoms with Gasteiger partial charge in [-0.2, -0.15) is 0 Å². The van der Waals surface area contributed by atoms with Crippen LogP contribution in [0.15, 0.2) is 46.9 Å². The molecule has 0 atom stereocenters. The van der Waals surface area contributed by atoms with Crippen LogP contribution in [0.5, 0.6) is 17.2 Å². The molecule has 0 saturated carbocycles. The topological polar surface area (TPSA) is 35.5 Å². The Labute approximate surface area is 113 Å². The summed E-state index contributed by atoms with van der Waals surface area (Å²) in [6, 6.07) is 12.4. The number of carbonyl (C=O) groups excluding carboxylic acids is 1. The Hall–Kier alpha value is -1.81. The summed E-state index contributed by atoms with van der Waals surface area (Å²) < 4.78 is 11.6. The molecular weight excluding hydrogens is 296 g/mol. The molecule has 0 aromatic heterocycles. The van der Waals surface area contributed by atoms with Gasteiger partial charge in [0.25, 0.3) is 0 Å². The molecule has 3 nitrogen and oxygen atoms in total. The third-order valence-electron chi connectivity index (χ3n) is 2.39. The molecule has 4 heteroatoms. The fourth-order valence-electron chi connectivity index (χ4n) is 1.46. The van der Waals surface area contributed by atoms with Crippen molar-refractivity contribution in [3.05, 3.63) is 52.5 Å². The van der Waals surface area contributed by atoms with Crippen LogP contribution in [0.3, 0.4) is 0 Å². The van der Waals surface area contributed by atoms with E-state index in [1.165, 1.54) is 0 Å². The number of ether oxygens (including phenoxy) is 2. The molecule has 2 rings (SSSR count). The summed E-state index contributed by atoms with van der Waals surface area (Å²) in [6.45, 7) is 0. The molecule has 2 aromatic carbocycles. The molecule has 0 amide bonds. The lowest BCUT2D eigenvalue weighted by atomic mass is 10.2. The van der Waals surface area contributed by atoms with Crippen LogP contribution in [-0.2, 0) is 0 Å². The van der Waals surface area contributed by atoms with E-state index in [0.29, 0.717) is 17.1 Å². The van der Waals surface area contributed by atoms with Crippen LogP contribution in [0.2, 0.25) is 0 Å². The van der Waals surface area contributed by atoms with Gasteiger partial charge in [-0.25, -0.2) is 0 Å². The highest BCUT2D eigenvalue weighted by Crippen LogP contribution is 2.28. The second-order valence-corrected chi connectivity index (χ2v) is 4.49. The normalized spacial score (nSPS) is 9.89. The van der Waals surface area contributed by atoms with Gasteiger partial charge in [-0.05, 0) is 42.5 Å². The standard InChI is InChI=1S/C14H11BrO3/c1-17-12-4-6-13(7-5-12)18-14-8-11(15)3-2-10(14)9-16/h2-9H,1H3. The Balaban J connectivity index is 2.27. The number of benzene rings is 2. The van der Waals surface area contributed by atoms with Gasteiger partial charge in [0.15, 0.2) is 6.29 Å². The van der Waals surface area contributed by atoms with Gasteiger partial charge < -0.3 is 9.47 Å². The van der Waals surface area contributed by atoms with Crippen molar-refractivity contribution in [3.63, 3.8) is 0 Å². The first kappa shape index (κ1) is 12.6. The van der Waals surface area contributed by atoms with Crippen molar-refractivity contribution >= 4 is 22.2 Å². The maximum Gasteiger partial charge on any atom is 0.153 e. The summed E-state index contributed by atoms with van der Waals surface area (Å²) in [4.78, 5) is 10.9. The van der Waals surface area contributed by atoms with Crippen molar-refractivity contribution in [2.45, 2.75) is 0 Å². The van der Waals surface area contributed by atoms with Gasteiger partial charge in [-0.1, -0.05) is 15.9 Å². The molecule has 0 heterocycles. The van der Waals surface area contributed by atoms with Crippen molar-refractivity contribution < 1.29 is 14.3 Å². The highest BCUT2D eigenvalue weighted by Gasteiger charge is 2.05. The van der Waals surface area contributed by atoms with E-state index in [4.69, 9.17) is 9.47 Å². The number of hydrogen-bond acceptors (Lipinski definition) is 3. The van der Waals surface area contributed by atoms with Crippen molar-refractivity contribution in [1.29, 1.82) is 0 Å². The highest BCUT2D eigenvalue weighted by molar-refractivity contribution is 9.10. The van der Waals surface area contributed by atoms with E-state index < -0.39 is 0 Å². The number of rotatable bonds is 4. The van der Waals surface area contributed by atoms with Crippen molar-refractivity contribution in [2.24, 2.45) is 0 Å². The van der Waals surface area contributed by atoms with Gasteiger partial charge in [0.1, 0.15) is 17.2 Å². The first-order valence-electron chi connectivity index (χ1n) is 5.29. The lowest BCUT2D eigenvalue weighted by Gasteiger charge is -2.09. The Morgan fingerprint density at radius 1 is 1.06 bits per heavy atom. The molecular formula is C14H11BrO3. The quantitative estimate of drug-likeness (QED) is 0.799. The maximum atomic E-state index is 10.9. The third-order valence-corrected chi connectivity index (χ3v) is 2.88. The molecule has 0 aliphatic carbocycles. The number of carbonyl (C=O) groups is 1. The summed E-state index contributed by atoms with van der Waals surface area (Å²) in [6.07, 6.45) is 0.769. The zero-order chi connectivity index (χ0) is 13.0. The second kappa shape index (κ2) is 5.69. The summed E-state index contributed by atoms with van der Waals surface area (Å²) in [7, 11) is 1.61. The summed E-state index contributed by atoms with van der Waals surface area (Å²) in [5.41, 5.74) is 0.508. The average molecular weight is 307 g/mol. The predicted molar refractivity (Wildman–Crippen MR) is 72.6 cm³/mol. The predicted octanol–water partition coefficient (Wildman–Crippen LogP) is 4.06. The molecule has 0 fully saturated rings. The zero-order valence-corrected chi connectivity index (χ0v) is 11.3. The van der Waals surface area contributed by atoms with Crippen molar-refractivity contribution in [3.8, 4) is 17.2 Å². The average Bonchev–Trinajstić information content (AvgIpc) is 2.40. The molecule has 0 unspecified atom stereocenters. The van der Waals surface area contributed by atoms with Crippen molar-refractivity contribution in [2.75, 3.05) is 7.11 Å². The van der Waals surface area contributed by atoms with E-state index in [0.717, 1.165) is 16.5 Å². The first-order valence-corrected chi connectivity index (χ1v) is 6.09. The molecule has 92 valence electrons. The molecule has 2 aromatic rings. The van der Waals surface area contributed by atoms with Crippen LogP contribution in [0.1, 0.15) is 10.4 Å². The van der Waals surface area contributed by atoms with E-state index >= 15 is 0 Å². The van der Waals surface area contributed by atoms with Gasteiger partial charge in [0.05, 0.1) is 12.7 Å². The van der Waals surface area contributed by atoms with Crippen LogP contribution in [0, 0.1) is 0 Å². The second-order valence-electron chi connectivity index (χ2n) is 3.58. The van der Waals surface area contributed by atoms with Crippen LogP contribution in [0.4, 0.5) is 0 Å². The van der Waals surface area contributed by atoms with E-state index in [2.05, 4.69) is 15.9 Å². The van der Waals surface area contributed by atoms with Crippen LogP contribution >= 0.6 is 15.9 Å². The number of methoxy groups -OCH3 is 1. The lowest BCUT2D eigenvalue weighted by Crippen LogP contribution is -1.90. The van der Waals surface area contributed by atoms with Gasteiger partial charge in [0, 0.05) is 4.47 Å². The minimum Gasteiger partial charge on any atom is -0.497 e. The van der Waals surface area contributed by atoms with Crippen LogP contribution in [0.25, 0.3) is 0 Å². The minimum absolute atomic E-state index is 0.508. The summed E-state index contributed by atoms with van der Waals surface area (Å²) >= 11 is 3.35. The Morgan fingerprint density at radius 2 is 1.72 bits per heavy atom. The first-order chi connectivity index (χ1) is 8.72. The van der Waals surface area contributed by atoms with E-state index in [9.17, 15) is 4.79 Å². The Morgan fingerprint density at radius 3 is 2.33 bits per heavy atom. The van der Waals surface area contributed by atoms with Gasteiger partial charge in [0.2, 0.25) is 0 Å². The largest absolute Gasteiger partial charge is 0.497 e. The smallest absolute Gasteiger partial charge is 0.153 e. The SMILES string of the molecule is COc1ccc(Oc2cc(Br)ccc2C=O)cc1. The molecule has 0 radical (unpaired) electrons. The molecule has 0 spiro atoms. The van der Waals surface area contributed by atoms with E-state index in [1.54, 1.807) is 49.6 Å². The maximum absolute atomic E-state index is 10.9. The Kier molecular flexibility index (Phi) is 3.99. The number of halogens is 1. The van der Waals surface area contributed by atoms with Crippen LogP contribution < -0.4 is 9.47 Å². The highest BCUT2D eigenvalue weighted by atomic mass is 79.9. The number of hydrogen-bond donors (Lipinski definition) is 0. The molecule has 18 heavy (non-hydrogen) atoms. The zero-order valence-electron chi connectivity index (χ0n) is 9.72. The van der Waals surface area contributed by atoms with E-state index in [-0.39, 0.29) is 0 Å². The monoisotopic (exact) mass is 306 g/mol. The van der Waals surface area contributed by atoms with Gasteiger partial charge >= 0.3 is 0 Å². The van der Waals surface area contributed by atoms with Crippen LogP contribution in [-0.4, -0.2) is 13.4 Å². The minimum atomic E-state index is 0.508. The molecule has 0 aliphatic heterocycles. The Bertz CT molecular complexity index is 549. The lowest BCUT2D eigenvalue weighted by molar-refractivity contribution is 0.112. The van der Waals surface area contributed by atoms with Gasteiger partial charge in [-0.3, -0.25) is 4.79 Å². The number of aldehydes is 1. The molecule has 0 bridgehead atoms. The molecule has 0 aliphatic rings. The third kappa shape index (κ3) is 2.90. The fourth-order valence-corrected chi connectivity index (χ4v) is 1.80. The molecule has 0 saturated heterocycles.